The fourth-order valence-electron chi connectivity index (χ4n) is 2.24. The maximum absolute atomic E-state index is 11.9. The molecule has 1 aliphatic carbocycles. The van der Waals surface area contributed by atoms with Gasteiger partial charge in [-0.25, -0.2) is 4.98 Å². The van der Waals surface area contributed by atoms with Crippen LogP contribution in [-0.2, 0) is 0 Å². The molecule has 1 saturated carbocycles. The number of carbonyl (C=O) groups excluding carboxylic acids is 1. The number of rotatable bonds is 2. The van der Waals surface area contributed by atoms with Crippen LogP contribution in [0.25, 0.3) is 0 Å². The SMILES string of the molecule is CC1CCC(NC(=O)c2cccc(N)n2)CC1.Cl. The maximum Gasteiger partial charge on any atom is 0.270 e. The fourth-order valence-corrected chi connectivity index (χ4v) is 2.24. The highest BCUT2D eigenvalue weighted by molar-refractivity contribution is 5.92. The van der Waals surface area contributed by atoms with E-state index in [2.05, 4.69) is 17.2 Å². The van der Waals surface area contributed by atoms with Gasteiger partial charge in [-0.2, -0.15) is 0 Å². The molecule has 0 unspecified atom stereocenters. The second-order valence-electron chi connectivity index (χ2n) is 4.88. The Hall–Kier alpha value is -1.29. The third-order valence-electron chi connectivity index (χ3n) is 3.35. The summed E-state index contributed by atoms with van der Waals surface area (Å²) < 4.78 is 0. The molecule has 0 aromatic carbocycles. The molecule has 4 nitrogen and oxygen atoms in total. The van der Waals surface area contributed by atoms with Gasteiger partial charge < -0.3 is 11.1 Å². The largest absolute Gasteiger partial charge is 0.384 e. The number of nitrogen functional groups attached to an aromatic ring is 1. The molecule has 1 fully saturated rings. The van der Waals surface area contributed by atoms with E-state index in [1.54, 1.807) is 18.2 Å². The molecule has 1 amide bonds. The first-order valence-corrected chi connectivity index (χ1v) is 6.18. The Morgan fingerprint density at radius 1 is 1.33 bits per heavy atom. The van der Waals surface area contributed by atoms with Gasteiger partial charge in [0.05, 0.1) is 0 Å². The van der Waals surface area contributed by atoms with Crippen molar-refractivity contribution in [3.63, 3.8) is 0 Å². The number of pyridine rings is 1. The van der Waals surface area contributed by atoms with Gasteiger partial charge in [0.2, 0.25) is 0 Å². The third-order valence-corrected chi connectivity index (χ3v) is 3.35. The zero-order valence-corrected chi connectivity index (χ0v) is 11.4. The van der Waals surface area contributed by atoms with Crippen LogP contribution in [0.1, 0.15) is 43.1 Å². The van der Waals surface area contributed by atoms with Gasteiger partial charge in [-0.3, -0.25) is 4.79 Å². The first-order chi connectivity index (χ1) is 8.15. The van der Waals surface area contributed by atoms with E-state index >= 15 is 0 Å². The van der Waals surface area contributed by atoms with Crippen LogP contribution in [-0.4, -0.2) is 16.9 Å². The van der Waals surface area contributed by atoms with E-state index < -0.39 is 0 Å². The van der Waals surface area contributed by atoms with Crippen molar-refractivity contribution in [2.45, 2.75) is 38.6 Å². The van der Waals surface area contributed by atoms with Crippen molar-refractivity contribution in [1.82, 2.24) is 10.3 Å². The zero-order chi connectivity index (χ0) is 12.3. The van der Waals surface area contributed by atoms with Gasteiger partial charge in [0.25, 0.3) is 5.91 Å². The van der Waals surface area contributed by atoms with Gasteiger partial charge in [0.1, 0.15) is 11.5 Å². The summed E-state index contributed by atoms with van der Waals surface area (Å²) in [5, 5.41) is 3.03. The maximum atomic E-state index is 11.9. The molecule has 1 aliphatic rings. The molecule has 0 aliphatic heterocycles. The Balaban J connectivity index is 0.00000162. The minimum Gasteiger partial charge on any atom is -0.384 e. The van der Waals surface area contributed by atoms with Crippen molar-refractivity contribution in [3.8, 4) is 0 Å². The second kappa shape index (κ2) is 6.59. The van der Waals surface area contributed by atoms with E-state index in [9.17, 15) is 4.79 Å². The molecular weight excluding hydrogens is 250 g/mol. The number of anilines is 1. The lowest BCUT2D eigenvalue weighted by Crippen LogP contribution is -2.37. The highest BCUT2D eigenvalue weighted by atomic mass is 35.5. The number of carbonyl (C=O) groups is 1. The lowest BCUT2D eigenvalue weighted by Gasteiger charge is -2.26. The number of amides is 1. The minimum absolute atomic E-state index is 0. The highest BCUT2D eigenvalue weighted by Gasteiger charge is 2.20. The van der Waals surface area contributed by atoms with Crippen molar-refractivity contribution in [1.29, 1.82) is 0 Å². The molecule has 2 rings (SSSR count). The van der Waals surface area contributed by atoms with Gasteiger partial charge in [0, 0.05) is 6.04 Å². The van der Waals surface area contributed by atoms with Gasteiger partial charge >= 0.3 is 0 Å². The Morgan fingerprint density at radius 2 is 2.00 bits per heavy atom. The molecule has 0 bridgehead atoms. The summed E-state index contributed by atoms with van der Waals surface area (Å²) in [7, 11) is 0. The smallest absolute Gasteiger partial charge is 0.270 e. The molecule has 0 saturated heterocycles. The van der Waals surface area contributed by atoms with Gasteiger partial charge in [-0.05, 0) is 43.7 Å². The van der Waals surface area contributed by atoms with Crippen LogP contribution in [0.3, 0.4) is 0 Å². The molecule has 3 N–H and O–H groups in total. The average Bonchev–Trinajstić information content (AvgIpc) is 2.32. The van der Waals surface area contributed by atoms with Gasteiger partial charge in [-0.1, -0.05) is 13.0 Å². The molecule has 0 spiro atoms. The topological polar surface area (TPSA) is 68.0 Å². The molecule has 100 valence electrons. The van der Waals surface area contributed by atoms with Crippen molar-refractivity contribution >= 4 is 24.1 Å². The van der Waals surface area contributed by atoms with Gasteiger partial charge in [0.15, 0.2) is 0 Å². The number of nitrogens with one attached hydrogen (secondary N) is 1. The molecule has 5 heteroatoms. The number of halogens is 1. The lowest BCUT2D eigenvalue weighted by molar-refractivity contribution is 0.0918. The van der Waals surface area contributed by atoms with Crippen LogP contribution in [0.15, 0.2) is 18.2 Å². The molecule has 1 aromatic heterocycles. The summed E-state index contributed by atoms with van der Waals surface area (Å²) in [6.45, 7) is 2.26. The van der Waals surface area contributed by atoms with Crippen LogP contribution in [0.5, 0.6) is 0 Å². The summed E-state index contributed by atoms with van der Waals surface area (Å²) in [6, 6.07) is 5.41. The van der Waals surface area contributed by atoms with Crippen LogP contribution in [0.4, 0.5) is 5.82 Å². The lowest BCUT2D eigenvalue weighted by atomic mass is 9.87. The predicted octanol–water partition coefficient (Wildman–Crippen LogP) is 2.39. The Morgan fingerprint density at radius 3 is 2.61 bits per heavy atom. The molecule has 18 heavy (non-hydrogen) atoms. The normalized spacial score (nSPS) is 22.9. The van der Waals surface area contributed by atoms with E-state index in [0.717, 1.165) is 18.8 Å². The van der Waals surface area contributed by atoms with Gasteiger partial charge in [-0.15, -0.1) is 12.4 Å². The van der Waals surface area contributed by atoms with E-state index in [1.807, 2.05) is 0 Å². The summed E-state index contributed by atoms with van der Waals surface area (Å²) in [5.74, 6) is 1.06. The summed E-state index contributed by atoms with van der Waals surface area (Å²) >= 11 is 0. The summed E-state index contributed by atoms with van der Waals surface area (Å²) in [6.07, 6.45) is 4.51. The Labute approximate surface area is 114 Å². The number of hydrogen-bond acceptors (Lipinski definition) is 3. The van der Waals surface area contributed by atoms with Crippen LogP contribution in [0.2, 0.25) is 0 Å². The number of hydrogen-bond donors (Lipinski definition) is 2. The average molecular weight is 270 g/mol. The first-order valence-electron chi connectivity index (χ1n) is 6.18. The van der Waals surface area contributed by atoms with Crippen molar-refractivity contribution < 1.29 is 4.79 Å². The van der Waals surface area contributed by atoms with Crippen molar-refractivity contribution in [3.05, 3.63) is 23.9 Å². The van der Waals surface area contributed by atoms with Crippen molar-refractivity contribution in [2.75, 3.05) is 5.73 Å². The standard InChI is InChI=1S/C13H19N3O.ClH/c1-9-5-7-10(8-6-9)15-13(17)11-3-2-4-12(14)16-11;/h2-4,9-10H,5-8H2,1H3,(H2,14,16)(H,15,17);1H. The highest BCUT2D eigenvalue weighted by Crippen LogP contribution is 2.23. The molecular formula is C13H20ClN3O. The quantitative estimate of drug-likeness (QED) is 0.866. The molecule has 1 aromatic rings. The van der Waals surface area contributed by atoms with Crippen molar-refractivity contribution in [2.24, 2.45) is 5.92 Å². The fraction of sp³-hybridized carbons (Fsp3) is 0.538. The molecule has 0 radical (unpaired) electrons. The van der Waals surface area contributed by atoms with E-state index in [4.69, 9.17) is 5.73 Å². The molecule has 1 heterocycles. The summed E-state index contributed by atoms with van der Waals surface area (Å²) in [4.78, 5) is 15.9. The predicted molar refractivity (Wildman–Crippen MR) is 74.8 cm³/mol. The van der Waals surface area contributed by atoms with Crippen LogP contribution >= 0.6 is 12.4 Å². The number of nitrogens with two attached hydrogens (primary N) is 1. The third kappa shape index (κ3) is 3.88. The first kappa shape index (κ1) is 14.8. The minimum atomic E-state index is -0.114. The summed E-state index contributed by atoms with van der Waals surface area (Å²) in [5.41, 5.74) is 5.96. The number of nitrogens with zero attached hydrogens (tertiary/aromatic N) is 1. The van der Waals surface area contributed by atoms with Crippen LogP contribution < -0.4 is 11.1 Å². The second-order valence-corrected chi connectivity index (χ2v) is 4.88. The van der Waals surface area contributed by atoms with E-state index in [-0.39, 0.29) is 18.3 Å². The number of aromatic nitrogens is 1. The Bertz CT molecular complexity index is 403. The van der Waals surface area contributed by atoms with E-state index in [0.29, 0.717) is 17.6 Å². The van der Waals surface area contributed by atoms with E-state index in [1.165, 1.54) is 12.8 Å². The zero-order valence-electron chi connectivity index (χ0n) is 10.6. The van der Waals surface area contributed by atoms with Crippen LogP contribution in [0, 0.1) is 5.92 Å². The molecule has 0 atom stereocenters. The Kier molecular flexibility index (Phi) is 5.41. The monoisotopic (exact) mass is 269 g/mol.